The molecule has 0 fully saturated rings. The van der Waals surface area contributed by atoms with E-state index in [-0.39, 0.29) is 0 Å². The number of benzene rings is 3. The highest BCUT2D eigenvalue weighted by Crippen LogP contribution is 2.29. The molecule has 0 bridgehead atoms. The van der Waals surface area contributed by atoms with E-state index in [9.17, 15) is 0 Å². The largest absolute Gasteiger partial charge is 0.295 e. The van der Waals surface area contributed by atoms with E-state index in [0.717, 1.165) is 28.0 Å². The zero-order valence-corrected chi connectivity index (χ0v) is 13.8. The lowest BCUT2D eigenvalue weighted by Crippen LogP contribution is -2.30. The van der Waals surface area contributed by atoms with Crippen molar-refractivity contribution in [3.8, 4) is 17.1 Å². The van der Waals surface area contributed by atoms with Gasteiger partial charge in [0, 0.05) is 4.11 Å². The summed E-state index contributed by atoms with van der Waals surface area (Å²) in [5.41, 5.74) is 5.29. The maximum absolute atomic E-state index is 8.01. The van der Waals surface area contributed by atoms with Crippen LogP contribution >= 0.6 is 0 Å². The molecule has 118 valence electrons. The van der Waals surface area contributed by atoms with Crippen LogP contribution in [0.2, 0.25) is 0 Å². The lowest BCUT2D eigenvalue weighted by Gasteiger charge is -2.08. The minimum Gasteiger partial charge on any atom is -0.225 e. The highest BCUT2D eigenvalue weighted by atomic mass is 15.2. The van der Waals surface area contributed by atoms with Crippen LogP contribution in [0.15, 0.2) is 72.8 Å². The zero-order chi connectivity index (χ0) is 19.2. The molecule has 24 heavy (non-hydrogen) atoms. The zero-order valence-electron chi connectivity index (χ0n) is 16.8. The predicted molar refractivity (Wildman–Crippen MR) is 99.4 cm³/mol. The third-order valence-electron chi connectivity index (χ3n) is 4.54. The average Bonchev–Trinajstić information content (AvgIpc) is 2.94. The van der Waals surface area contributed by atoms with Gasteiger partial charge >= 0.3 is 0 Å². The second-order valence-corrected chi connectivity index (χ2v) is 6.04. The smallest absolute Gasteiger partial charge is 0.225 e. The van der Waals surface area contributed by atoms with Crippen LogP contribution in [0.4, 0.5) is 0 Å². The minimum atomic E-state index is -2.19. The molecule has 1 aromatic heterocycles. The first-order chi connectivity index (χ1) is 12.9. The number of fused-ring (bicyclic) bond motifs is 1. The number of imidazole rings is 1. The van der Waals surface area contributed by atoms with Crippen molar-refractivity contribution in [3.05, 3.63) is 83.9 Å². The topological polar surface area (TPSA) is 8.81 Å². The number of aryl methyl sites for hydroxylation is 3. The first-order valence-corrected chi connectivity index (χ1v) is 8.05. The van der Waals surface area contributed by atoms with Crippen molar-refractivity contribution in [1.29, 1.82) is 0 Å². The molecule has 0 aliphatic heterocycles. The highest BCUT2D eigenvalue weighted by Gasteiger charge is 2.27. The summed E-state index contributed by atoms with van der Waals surface area (Å²) in [6.45, 7) is -0.115. The van der Waals surface area contributed by atoms with Crippen molar-refractivity contribution in [2.75, 3.05) is 0 Å². The Bertz CT molecular complexity index is 1140. The Kier molecular flexibility index (Phi) is 2.74. The van der Waals surface area contributed by atoms with Crippen LogP contribution in [-0.2, 0) is 7.05 Å². The van der Waals surface area contributed by atoms with Gasteiger partial charge in [-0.15, -0.1) is 0 Å². The molecule has 0 N–H and O–H groups in total. The number of para-hydroxylation sites is 3. The molecule has 4 aromatic rings. The van der Waals surface area contributed by atoms with Gasteiger partial charge in [-0.25, -0.2) is 4.57 Å². The second kappa shape index (κ2) is 5.64. The molecule has 2 heteroatoms. The molecule has 0 aliphatic rings. The molecule has 0 radical (unpaired) electrons. The van der Waals surface area contributed by atoms with Crippen LogP contribution in [0.5, 0.6) is 0 Å². The van der Waals surface area contributed by atoms with E-state index in [4.69, 9.17) is 4.11 Å². The lowest BCUT2D eigenvalue weighted by atomic mass is 10.1. The number of hydrogen-bond acceptors (Lipinski definition) is 0. The van der Waals surface area contributed by atoms with Crippen molar-refractivity contribution >= 4 is 11.0 Å². The number of nitrogens with zero attached hydrogens (tertiary/aromatic N) is 2. The monoisotopic (exact) mass is 316 g/mol. The molecule has 0 unspecified atom stereocenters. The SMILES string of the molecule is [2H]C([2H])([2H])c1ccccc1-n1c(-c2ccccc2C)[n+](C)c2ccccc21. The molecule has 0 saturated carbocycles. The normalized spacial score (nSPS) is 13.5. The summed E-state index contributed by atoms with van der Waals surface area (Å²) in [5, 5.41) is 0. The fraction of sp³-hybridized carbons (Fsp3) is 0.136. The van der Waals surface area contributed by atoms with Crippen molar-refractivity contribution in [3.63, 3.8) is 0 Å². The van der Waals surface area contributed by atoms with Crippen LogP contribution in [-0.4, -0.2) is 4.57 Å². The summed E-state index contributed by atoms with van der Waals surface area (Å²) in [5.74, 6) is 0.964. The van der Waals surface area contributed by atoms with Gasteiger partial charge in [0.25, 0.3) is 5.82 Å². The average molecular weight is 316 g/mol. The molecule has 3 aromatic carbocycles. The molecule has 4 rings (SSSR count). The van der Waals surface area contributed by atoms with E-state index in [0.29, 0.717) is 11.3 Å². The summed E-state index contributed by atoms with van der Waals surface area (Å²) in [7, 11) is 2.03. The van der Waals surface area contributed by atoms with E-state index >= 15 is 0 Å². The summed E-state index contributed by atoms with van der Waals surface area (Å²) in [4.78, 5) is 0. The third-order valence-corrected chi connectivity index (χ3v) is 4.54. The molecular weight excluding hydrogens is 292 g/mol. The molecule has 0 atom stereocenters. The summed E-state index contributed by atoms with van der Waals surface area (Å²) >= 11 is 0. The van der Waals surface area contributed by atoms with Gasteiger partial charge in [0.2, 0.25) is 0 Å². The number of rotatable bonds is 2. The predicted octanol–water partition coefficient (Wildman–Crippen LogP) is 4.74. The fourth-order valence-electron chi connectivity index (χ4n) is 3.35. The summed E-state index contributed by atoms with van der Waals surface area (Å²) < 4.78 is 28.2. The van der Waals surface area contributed by atoms with Crippen molar-refractivity contribution in [2.24, 2.45) is 7.05 Å². The maximum atomic E-state index is 8.01. The molecule has 2 nitrogen and oxygen atoms in total. The van der Waals surface area contributed by atoms with E-state index < -0.39 is 6.85 Å². The van der Waals surface area contributed by atoms with Crippen molar-refractivity contribution in [1.82, 2.24) is 4.57 Å². The Morgan fingerprint density at radius 3 is 2.29 bits per heavy atom. The van der Waals surface area contributed by atoms with E-state index in [2.05, 4.69) is 34.3 Å². The quantitative estimate of drug-likeness (QED) is 0.472. The molecule has 0 amide bonds. The molecular formula is C22H21N2+. The van der Waals surface area contributed by atoms with E-state index in [1.807, 2.05) is 49.5 Å². The number of aromatic nitrogens is 2. The standard InChI is InChI=1S/C22H21N2/c1-16-10-4-6-12-18(16)22-23(3)20-14-8-9-15-21(20)24(22)19-13-7-5-11-17(19)2/h4-15H,1-3H3/q+1/i2D3. The Morgan fingerprint density at radius 1 is 0.833 bits per heavy atom. The first-order valence-electron chi connectivity index (χ1n) is 9.55. The Labute approximate surface area is 146 Å². The summed E-state index contributed by atoms with van der Waals surface area (Å²) in [6.07, 6.45) is 0. The van der Waals surface area contributed by atoms with Gasteiger partial charge < -0.3 is 0 Å². The Morgan fingerprint density at radius 2 is 1.50 bits per heavy atom. The molecule has 0 spiro atoms. The van der Waals surface area contributed by atoms with E-state index in [1.165, 1.54) is 0 Å². The van der Waals surface area contributed by atoms with Gasteiger partial charge in [-0.05, 0) is 49.2 Å². The van der Waals surface area contributed by atoms with Crippen LogP contribution in [0.3, 0.4) is 0 Å². The maximum Gasteiger partial charge on any atom is 0.295 e. The highest BCUT2D eigenvalue weighted by molar-refractivity contribution is 5.80. The fourth-order valence-corrected chi connectivity index (χ4v) is 3.35. The van der Waals surface area contributed by atoms with E-state index in [1.54, 1.807) is 12.1 Å². The van der Waals surface area contributed by atoms with Gasteiger partial charge in [-0.3, -0.25) is 0 Å². The van der Waals surface area contributed by atoms with Crippen LogP contribution < -0.4 is 4.57 Å². The van der Waals surface area contributed by atoms with Crippen molar-refractivity contribution in [2.45, 2.75) is 13.8 Å². The Hall–Kier alpha value is -2.87. The first kappa shape index (κ1) is 11.6. The second-order valence-electron chi connectivity index (χ2n) is 6.04. The van der Waals surface area contributed by atoms with Crippen molar-refractivity contribution < 1.29 is 8.68 Å². The molecule has 0 saturated heterocycles. The van der Waals surface area contributed by atoms with Gasteiger partial charge in [0.15, 0.2) is 11.0 Å². The van der Waals surface area contributed by atoms with Crippen LogP contribution in [0.25, 0.3) is 28.1 Å². The molecule has 1 heterocycles. The van der Waals surface area contributed by atoms with Gasteiger partial charge in [-0.1, -0.05) is 48.5 Å². The van der Waals surface area contributed by atoms with Gasteiger partial charge in [0.1, 0.15) is 5.69 Å². The molecule has 0 aliphatic carbocycles. The third kappa shape index (κ3) is 2.15. The summed E-state index contributed by atoms with van der Waals surface area (Å²) in [6, 6.07) is 23.5. The lowest BCUT2D eigenvalue weighted by molar-refractivity contribution is -0.633. The van der Waals surface area contributed by atoms with Crippen LogP contribution in [0, 0.1) is 13.8 Å². The number of hydrogen-bond donors (Lipinski definition) is 0. The van der Waals surface area contributed by atoms with Gasteiger partial charge in [0.05, 0.1) is 12.6 Å². The minimum absolute atomic E-state index is 0.348. The van der Waals surface area contributed by atoms with Crippen LogP contribution in [0.1, 0.15) is 15.2 Å². The Balaban J connectivity index is 2.17. The van der Waals surface area contributed by atoms with Gasteiger partial charge in [-0.2, -0.15) is 4.57 Å².